The first kappa shape index (κ1) is 11.5. The highest BCUT2D eigenvalue weighted by Crippen LogP contribution is 2.44. The van der Waals surface area contributed by atoms with Crippen molar-refractivity contribution >= 4 is 10.9 Å². The smallest absolute Gasteiger partial charge is 0.0471 e. The highest BCUT2D eigenvalue weighted by molar-refractivity contribution is 5.88. The van der Waals surface area contributed by atoms with Gasteiger partial charge in [-0.15, -0.1) is 0 Å². The van der Waals surface area contributed by atoms with Gasteiger partial charge < -0.3 is 15.0 Å². The Morgan fingerprint density at radius 1 is 1.42 bits per heavy atom. The van der Waals surface area contributed by atoms with Crippen LogP contribution < -0.4 is 0 Å². The zero-order valence-corrected chi connectivity index (χ0v) is 11.3. The van der Waals surface area contributed by atoms with Gasteiger partial charge in [0.1, 0.15) is 0 Å². The third kappa shape index (κ3) is 1.58. The largest absolute Gasteiger partial charge is 0.396 e. The van der Waals surface area contributed by atoms with Gasteiger partial charge in [-0.2, -0.15) is 0 Å². The maximum atomic E-state index is 9.52. The fourth-order valence-corrected chi connectivity index (χ4v) is 4.19. The molecule has 1 aromatic heterocycles. The predicted octanol–water partition coefficient (Wildman–Crippen LogP) is 2.12. The number of fused-ring (bicyclic) bond motifs is 2. The molecular formula is C16H20N2O. The number of piperidine rings is 1. The molecule has 1 saturated heterocycles. The number of likely N-dealkylation sites (N-methyl/N-ethyl adjacent to an activating group) is 1. The van der Waals surface area contributed by atoms with Crippen molar-refractivity contribution in [1.82, 2.24) is 9.88 Å². The molecule has 1 aromatic carbocycles. The van der Waals surface area contributed by atoms with Crippen molar-refractivity contribution in [2.24, 2.45) is 5.92 Å². The van der Waals surface area contributed by atoms with E-state index in [2.05, 4.69) is 41.3 Å². The third-order valence-corrected chi connectivity index (χ3v) is 5.07. The topological polar surface area (TPSA) is 39.3 Å². The summed E-state index contributed by atoms with van der Waals surface area (Å²) in [5, 5.41) is 11.0. The molecule has 0 radical (unpaired) electrons. The van der Waals surface area contributed by atoms with Gasteiger partial charge in [-0.05, 0) is 43.0 Å². The highest BCUT2D eigenvalue weighted by Gasteiger charge is 2.38. The number of hydrogen-bond acceptors (Lipinski definition) is 2. The number of hydrogen-bond donors (Lipinski definition) is 2. The fourth-order valence-electron chi connectivity index (χ4n) is 4.19. The monoisotopic (exact) mass is 256 g/mol. The van der Waals surface area contributed by atoms with Crippen LogP contribution in [0.5, 0.6) is 0 Å². The number of aliphatic hydroxyl groups is 1. The number of benzene rings is 1. The highest BCUT2D eigenvalue weighted by atomic mass is 16.3. The molecule has 1 aliphatic carbocycles. The molecule has 3 nitrogen and oxygen atoms in total. The van der Waals surface area contributed by atoms with Gasteiger partial charge >= 0.3 is 0 Å². The Kier molecular flexibility index (Phi) is 2.47. The van der Waals surface area contributed by atoms with Crippen molar-refractivity contribution in [2.45, 2.75) is 24.8 Å². The van der Waals surface area contributed by atoms with Crippen LogP contribution in [0.3, 0.4) is 0 Å². The molecule has 2 aromatic rings. The summed E-state index contributed by atoms with van der Waals surface area (Å²) < 4.78 is 0. The van der Waals surface area contributed by atoms with E-state index in [0.29, 0.717) is 24.5 Å². The molecule has 0 saturated carbocycles. The summed E-state index contributed by atoms with van der Waals surface area (Å²) >= 11 is 0. The zero-order valence-electron chi connectivity index (χ0n) is 11.3. The molecule has 3 heteroatoms. The molecule has 1 unspecified atom stereocenters. The molecular weight excluding hydrogens is 236 g/mol. The van der Waals surface area contributed by atoms with Crippen LogP contribution >= 0.6 is 0 Å². The minimum Gasteiger partial charge on any atom is -0.396 e. The summed E-state index contributed by atoms with van der Waals surface area (Å²) in [7, 11) is 2.21. The van der Waals surface area contributed by atoms with Gasteiger partial charge in [0.2, 0.25) is 0 Å². The van der Waals surface area contributed by atoms with Crippen LogP contribution in [0.25, 0.3) is 10.9 Å². The molecule has 0 spiro atoms. The number of aromatic amines is 1. The molecule has 3 atom stereocenters. The van der Waals surface area contributed by atoms with E-state index in [1.165, 1.54) is 22.0 Å². The molecule has 0 amide bonds. The normalized spacial score (nSPS) is 30.5. The number of H-pyrrole nitrogens is 1. The van der Waals surface area contributed by atoms with Crippen LogP contribution in [0, 0.1) is 5.92 Å². The van der Waals surface area contributed by atoms with Crippen molar-refractivity contribution in [3.05, 3.63) is 35.5 Å². The average molecular weight is 256 g/mol. The first-order valence-corrected chi connectivity index (χ1v) is 7.18. The van der Waals surface area contributed by atoms with E-state index in [9.17, 15) is 5.11 Å². The standard InChI is InChI=1S/C16H20N2O/c1-18-8-10(9-19)5-13-12-3-2-4-14-16(12)11(7-17-14)6-15(13)18/h2-4,7,10,13,15,17,19H,5-6,8-9H2,1H3/t10?,13-,15-/m1/s1. The second kappa shape index (κ2) is 4.09. The van der Waals surface area contributed by atoms with Gasteiger partial charge in [0.05, 0.1) is 0 Å². The van der Waals surface area contributed by atoms with Crippen LogP contribution in [0.1, 0.15) is 23.5 Å². The fraction of sp³-hybridized carbons (Fsp3) is 0.500. The van der Waals surface area contributed by atoms with Crippen LogP contribution in [-0.2, 0) is 6.42 Å². The van der Waals surface area contributed by atoms with Gasteiger partial charge in [-0.3, -0.25) is 0 Å². The van der Waals surface area contributed by atoms with Crippen molar-refractivity contribution in [1.29, 1.82) is 0 Å². The van der Waals surface area contributed by atoms with E-state index in [4.69, 9.17) is 0 Å². The first-order chi connectivity index (χ1) is 9.28. The van der Waals surface area contributed by atoms with E-state index < -0.39 is 0 Å². The maximum absolute atomic E-state index is 9.52. The Bertz CT molecular complexity index is 618. The molecule has 1 fully saturated rings. The van der Waals surface area contributed by atoms with Gasteiger partial charge in [0, 0.05) is 42.2 Å². The minimum atomic E-state index is 0.309. The third-order valence-electron chi connectivity index (χ3n) is 5.07. The van der Waals surface area contributed by atoms with E-state index >= 15 is 0 Å². The Morgan fingerprint density at radius 3 is 3.16 bits per heavy atom. The summed E-state index contributed by atoms with van der Waals surface area (Å²) in [6.07, 6.45) is 4.43. The van der Waals surface area contributed by atoms with Crippen molar-refractivity contribution in [3.63, 3.8) is 0 Å². The lowest BCUT2D eigenvalue weighted by atomic mass is 9.72. The molecule has 0 bridgehead atoms. The lowest BCUT2D eigenvalue weighted by molar-refractivity contribution is 0.0772. The maximum Gasteiger partial charge on any atom is 0.0471 e. The zero-order chi connectivity index (χ0) is 13.0. The lowest BCUT2D eigenvalue weighted by Gasteiger charge is -2.45. The van der Waals surface area contributed by atoms with Crippen LogP contribution in [0.4, 0.5) is 0 Å². The lowest BCUT2D eigenvalue weighted by Crippen LogP contribution is -2.48. The molecule has 4 rings (SSSR count). The second-order valence-electron chi connectivity index (χ2n) is 6.19. The van der Waals surface area contributed by atoms with E-state index in [0.717, 1.165) is 19.4 Å². The summed E-state index contributed by atoms with van der Waals surface area (Å²) in [6, 6.07) is 7.20. The molecule has 100 valence electrons. The van der Waals surface area contributed by atoms with Gasteiger partial charge in [0.15, 0.2) is 0 Å². The molecule has 19 heavy (non-hydrogen) atoms. The molecule has 2 aliphatic rings. The number of likely N-dealkylation sites (tertiary alicyclic amines) is 1. The number of rotatable bonds is 1. The summed E-state index contributed by atoms with van der Waals surface area (Å²) in [6.45, 7) is 1.33. The van der Waals surface area contributed by atoms with Crippen LogP contribution in [0.15, 0.2) is 24.4 Å². The number of aliphatic hydroxyl groups excluding tert-OH is 1. The predicted molar refractivity (Wildman–Crippen MR) is 76.4 cm³/mol. The Labute approximate surface area is 113 Å². The average Bonchev–Trinajstić information content (AvgIpc) is 2.85. The first-order valence-electron chi connectivity index (χ1n) is 7.18. The summed E-state index contributed by atoms with van der Waals surface area (Å²) in [5.74, 6) is 0.991. The molecule has 2 N–H and O–H groups in total. The van der Waals surface area contributed by atoms with Crippen molar-refractivity contribution in [3.8, 4) is 0 Å². The van der Waals surface area contributed by atoms with Gasteiger partial charge in [-0.25, -0.2) is 0 Å². The van der Waals surface area contributed by atoms with Gasteiger partial charge in [-0.1, -0.05) is 12.1 Å². The van der Waals surface area contributed by atoms with Crippen LogP contribution in [0.2, 0.25) is 0 Å². The Hall–Kier alpha value is -1.32. The second-order valence-corrected chi connectivity index (χ2v) is 6.19. The van der Waals surface area contributed by atoms with Crippen molar-refractivity contribution in [2.75, 3.05) is 20.2 Å². The van der Waals surface area contributed by atoms with E-state index in [-0.39, 0.29) is 0 Å². The minimum absolute atomic E-state index is 0.309. The van der Waals surface area contributed by atoms with E-state index in [1.54, 1.807) is 0 Å². The quantitative estimate of drug-likeness (QED) is 0.820. The summed E-state index contributed by atoms with van der Waals surface area (Å²) in [4.78, 5) is 5.85. The SMILES string of the molecule is CN1CC(CO)C[C@@H]2c3cccc4[nH]cc(c34)C[C@H]21. The summed E-state index contributed by atoms with van der Waals surface area (Å²) in [5.41, 5.74) is 4.20. The molecule has 2 heterocycles. The number of nitrogens with zero attached hydrogens (tertiary/aromatic N) is 1. The molecule has 1 aliphatic heterocycles. The van der Waals surface area contributed by atoms with E-state index in [1.807, 2.05) is 0 Å². The van der Waals surface area contributed by atoms with Gasteiger partial charge in [0.25, 0.3) is 0 Å². The Balaban J connectivity index is 1.86. The number of nitrogens with one attached hydrogen (secondary N) is 1. The Morgan fingerprint density at radius 2 is 2.32 bits per heavy atom. The van der Waals surface area contributed by atoms with Crippen LogP contribution in [-0.4, -0.2) is 41.2 Å². The van der Waals surface area contributed by atoms with Crippen molar-refractivity contribution < 1.29 is 5.11 Å². The number of aromatic nitrogens is 1.